The normalized spacial score (nSPS) is 14.3. The van der Waals surface area contributed by atoms with E-state index in [4.69, 9.17) is 9.47 Å². The molecule has 0 saturated heterocycles. The first-order valence-corrected chi connectivity index (χ1v) is 7.93. The smallest absolute Gasteiger partial charge is 0.328 e. The van der Waals surface area contributed by atoms with Crippen molar-refractivity contribution >= 4 is 17.0 Å². The number of carbonyl (C=O) groups excluding carboxylic acids is 1. The van der Waals surface area contributed by atoms with E-state index in [9.17, 15) is 9.00 Å². The highest BCUT2D eigenvalue weighted by Crippen LogP contribution is 2.21. The molecule has 0 aromatic heterocycles. The summed E-state index contributed by atoms with van der Waals surface area (Å²) in [6.07, 6.45) is 0. The van der Waals surface area contributed by atoms with Crippen molar-refractivity contribution in [3.63, 3.8) is 0 Å². The fraction of sp³-hybridized carbons (Fsp3) is 0.533. The topological polar surface area (TPSA) is 64.6 Å². The second kappa shape index (κ2) is 7.56. The lowest BCUT2D eigenvalue weighted by Gasteiger charge is -2.23. The molecule has 21 heavy (non-hydrogen) atoms. The summed E-state index contributed by atoms with van der Waals surface area (Å²) in [5.41, 5.74) is 0.687. The van der Waals surface area contributed by atoms with Crippen molar-refractivity contribution in [2.24, 2.45) is 0 Å². The summed E-state index contributed by atoms with van der Waals surface area (Å²) >= 11 is 0. The van der Waals surface area contributed by atoms with Gasteiger partial charge in [0.15, 0.2) is 0 Å². The van der Waals surface area contributed by atoms with Gasteiger partial charge in [-0.05, 0) is 45.4 Å². The van der Waals surface area contributed by atoms with E-state index < -0.39 is 27.7 Å². The molecule has 0 spiro atoms. The number of carbonyl (C=O) groups is 1. The molecule has 6 heteroatoms. The summed E-state index contributed by atoms with van der Waals surface area (Å²) in [7, 11) is 0.193. The van der Waals surface area contributed by atoms with Gasteiger partial charge in [0.1, 0.15) is 11.8 Å². The van der Waals surface area contributed by atoms with Crippen molar-refractivity contribution in [1.29, 1.82) is 0 Å². The van der Waals surface area contributed by atoms with Gasteiger partial charge in [0, 0.05) is 0 Å². The summed E-state index contributed by atoms with van der Waals surface area (Å²) in [5, 5.41) is 0. The molecule has 2 atom stereocenters. The number of nitrogens with one attached hydrogen (secondary N) is 1. The Morgan fingerprint density at radius 1 is 1.29 bits per heavy atom. The average Bonchev–Trinajstić information content (AvgIpc) is 2.43. The van der Waals surface area contributed by atoms with Crippen LogP contribution in [0, 0.1) is 0 Å². The van der Waals surface area contributed by atoms with Gasteiger partial charge in [-0.1, -0.05) is 12.1 Å². The Labute approximate surface area is 128 Å². The van der Waals surface area contributed by atoms with Crippen LogP contribution >= 0.6 is 0 Å². The van der Waals surface area contributed by atoms with E-state index in [1.54, 1.807) is 38.3 Å². The van der Waals surface area contributed by atoms with Crippen LogP contribution in [0.15, 0.2) is 24.3 Å². The van der Waals surface area contributed by atoms with E-state index in [0.29, 0.717) is 11.3 Å². The minimum atomic E-state index is -1.38. The Morgan fingerprint density at radius 3 is 2.29 bits per heavy atom. The Kier molecular flexibility index (Phi) is 6.36. The maximum atomic E-state index is 12.2. The van der Waals surface area contributed by atoms with Gasteiger partial charge < -0.3 is 9.47 Å². The number of ether oxygens (including phenoxy) is 2. The standard InChI is InChI=1S/C15H23NO4S/c1-6-20-14(17)13(16-21(18)15(2,3)4)11-7-9-12(19-5)10-8-11/h7-10,13,16H,6H2,1-5H3/t13-,21+/m1/s1. The highest BCUT2D eigenvalue weighted by atomic mass is 32.2. The van der Waals surface area contributed by atoms with Crippen LogP contribution < -0.4 is 9.46 Å². The van der Waals surface area contributed by atoms with E-state index >= 15 is 0 Å². The van der Waals surface area contributed by atoms with E-state index in [0.717, 1.165) is 0 Å². The molecule has 0 fully saturated rings. The lowest BCUT2D eigenvalue weighted by atomic mass is 10.1. The summed E-state index contributed by atoms with van der Waals surface area (Å²) in [6, 6.07) is 6.25. The molecule has 1 N–H and O–H groups in total. The number of methoxy groups -OCH3 is 1. The van der Waals surface area contributed by atoms with Gasteiger partial charge in [-0.15, -0.1) is 0 Å². The van der Waals surface area contributed by atoms with Crippen molar-refractivity contribution in [3.05, 3.63) is 29.8 Å². The third-order valence-electron chi connectivity index (χ3n) is 2.75. The molecule has 1 rings (SSSR count). The van der Waals surface area contributed by atoms with E-state index in [1.165, 1.54) is 0 Å². The van der Waals surface area contributed by atoms with Crippen LogP contribution in [0.4, 0.5) is 0 Å². The van der Waals surface area contributed by atoms with E-state index in [-0.39, 0.29) is 6.61 Å². The molecule has 118 valence electrons. The fourth-order valence-corrected chi connectivity index (χ4v) is 2.36. The van der Waals surface area contributed by atoms with Crippen molar-refractivity contribution in [2.45, 2.75) is 38.5 Å². The monoisotopic (exact) mass is 313 g/mol. The molecule has 0 aliphatic heterocycles. The third kappa shape index (κ3) is 5.13. The average molecular weight is 313 g/mol. The number of benzene rings is 1. The van der Waals surface area contributed by atoms with Gasteiger partial charge >= 0.3 is 5.97 Å². The molecule has 0 saturated carbocycles. The first kappa shape index (κ1) is 17.7. The molecule has 0 amide bonds. The Balaban J connectivity index is 3.01. The number of hydrogen-bond donors (Lipinski definition) is 1. The number of hydrogen-bond acceptors (Lipinski definition) is 4. The second-order valence-corrected chi connectivity index (χ2v) is 7.46. The largest absolute Gasteiger partial charge is 0.497 e. The predicted molar refractivity (Wildman–Crippen MR) is 83.4 cm³/mol. The summed E-state index contributed by atoms with van der Waals surface area (Å²) < 4.78 is 24.8. The summed E-state index contributed by atoms with van der Waals surface area (Å²) in [6.45, 7) is 7.53. The van der Waals surface area contributed by atoms with Gasteiger partial charge in [0.25, 0.3) is 0 Å². The maximum absolute atomic E-state index is 12.2. The zero-order valence-electron chi connectivity index (χ0n) is 13.1. The molecule has 0 unspecified atom stereocenters. The summed E-state index contributed by atoms with van der Waals surface area (Å²) in [4.78, 5) is 12.1. The molecular weight excluding hydrogens is 290 g/mol. The van der Waals surface area contributed by atoms with Crippen LogP contribution in [0.3, 0.4) is 0 Å². The Hall–Kier alpha value is -1.40. The van der Waals surface area contributed by atoms with E-state index in [2.05, 4.69) is 4.72 Å². The minimum absolute atomic E-state index is 0.273. The van der Waals surface area contributed by atoms with Crippen LogP contribution in [0.1, 0.15) is 39.3 Å². The zero-order valence-corrected chi connectivity index (χ0v) is 14.0. The lowest BCUT2D eigenvalue weighted by molar-refractivity contribution is -0.145. The molecular formula is C15H23NO4S. The Bertz CT molecular complexity index is 493. The van der Waals surface area contributed by atoms with Crippen LogP contribution in [0.5, 0.6) is 5.75 Å². The second-order valence-electron chi connectivity index (χ2n) is 5.46. The zero-order chi connectivity index (χ0) is 16.0. The van der Waals surface area contributed by atoms with Crippen molar-refractivity contribution in [3.8, 4) is 5.75 Å². The lowest BCUT2D eigenvalue weighted by Crippen LogP contribution is -2.39. The molecule has 0 aliphatic carbocycles. The third-order valence-corrected chi connectivity index (χ3v) is 4.31. The first-order chi connectivity index (χ1) is 9.79. The van der Waals surface area contributed by atoms with Gasteiger partial charge in [-0.2, -0.15) is 0 Å². The van der Waals surface area contributed by atoms with Gasteiger partial charge in [-0.3, -0.25) is 0 Å². The van der Waals surface area contributed by atoms with Crippen LogP contribution in [0.2, 0.25) is 0 Å². The molecule has 0 aliphatic rings. The quantitative estimate of drug-likeness (QED) is 0.819. The van der Waals surface area contributed by atoms with Crippen LogP contribution in [-0.2, 0) is 20.5 Å². The maximum Gasteiger partial charge on any atom is 0.328 e. The minimum Gasteiger partial charge on any atom is -0.497 e. The summed E-state index contributed by atoms with van der Waals surface area (Å²) in [5.74, 6) is 0.249. The Morgan fingerprint density at radius 2 is 1.86 bits per heavy atom. The number of esters is 1. The first-order valence-electron chi connectivity index (χ1n) is 6.78. The van der Waals surface area contributed by atoms with Gasteiger partial charge in [-0.25, -0.2) is 13.7 Å². The number of rotatable bonds is 6. The highest BCUT2D eigenvalue weighted by molar-refractivity contribution is 7.84. The van der Waals surface area contributed by atoms with E-state index in [1.807, 2.05) is 20.8 Å². The van der Waals surface area contributed by atoms with Crippen molar-refractivity contribution in [1.82, 2.24) is 4.72 Å². The molecule has 5 nitrogen and oxygen atoms in total. The van der Waals surface area contributed by atoms with Crippen LogP contribution in [0.25, 0.3) is 0 Å². The molecule has 0 heterocycles. The fourth-order valence-electron chi connectivity index (χ4n) is 1.56. The molecule has 1 aromatic carbocycles. The van der Waals surface area contributed by atoms with Gasteiger partial charge in [0.05, 0.1) is 29.4 Å². The predicted octanol–water partition coefficient (Wildman–Crippen LogP) is 2.35. The molecule has 1 aromatic rings. The van der Waals surface area contributed by atoms with Gasteiger partial charge in [0.2, 0.25) is 0 Å². The molecule has 0 bridgehead atoms. The van der Waals surface area contributed by atoms with Crippen LogP contribution in [-0.4, -0.2) is 28.6 Å². The van der Waals surface area contributed by atoms with Crippen molar-refractivity contribution < 1.29 is 18.5 Å². The highest BCUT2D eigenvalue weighted by Gasteiger charge is 2.28. The van der Waals surface area contributed by atoms with Crippen molar-refractivity contribution in [2.75, 3.05) is 13.7 Å². The molecule has 0 radical (unpaired) electrons. The SMILES string of the molecule is CCOC(=O)[C@H](N[S@@](=O)C(C)(C)C)c1ccc(OC)cc1.